The molecule has 2 aromatic heterocycles. The molecule has 0 aliphatic rings. The topological polar surface area (TPSA) is 30.7 Å². The van der Waals surface area contributed by atoms with E-state index < -0.39 is 0 Å². The van der Waals surface area contributed by atoms with Gasteiger partial charge in [0.05, 0.1) is 22.4 Å². The lowest BCUT2D eigenvalue weighted by atomic mass is 9.56. The third-order valence-corrected chi connectivity index (χ3v) is 11.8. The summed E-state index contributed by atoms with van der Waals surface area (Å²) in [6.07, 6.45) is 0. The van der Waals surface area contributed by atoms with Crippen LogP contribution in [0.3, 0.4) is 0 Å². The molecule has 0 N–H and O–H groups in total. The predicted molar refractivity (Wildman–Crippen MR) is 270 cm³/mol. The van der Waals surface area contributed by atoms with Crippen molar-refractivity contribution in [2.24, 2.45) is 0 Å². The minimum Gasteiger partial charge on any atom is -0.309 e. The summed E-state index contributed by atoms with van der Waals surface area (Å²) >= 11 is 0. The average Bonchev–Trinajstić information content (AvgIpc) is 3.65. The Balaban J connectivity index is 1.12. The van der Waals surface area contributed by atoms with Gasteiger partial charge >= 0.3 is 0 Å². The average molecular weight is 764 g/mol. The van der Waals surface area contributed by atoms with E-state index in [1.807, 2.05) is 48.5 Å². The number of hydrogen-bond acceptors (Lipinski definition) is 2. The number of fused-ring (bicyclic) bond motifs is 4. The molecule has 0 atom stereocenters. The molecule has 0 spiro atoms. The highest BCUT2D eigenvalue weighted by atomic mass is 15.0. The van der Waals surface area contributed by atoms with Crippen LogP contribution in [0.15, 0.2) is 146 Å². The lowest BCUT2D eigenvalue weighted by Crippen LogP contribution is -2.57. The van der Waals surface area contributed by atoms with E-state index in [1.54, 1.807) is 0 Å². The Kier molecular flexibility index (Phi) is 9.86. The molecule has 266 valence electrons. The number of benzene rings is 8. The normalized spacial score (nSPS) is 11.5. The van der Waals surface area contributed by atoms with Crippen molar-refractivity contribution in [1.82, 2.24) is 14.5 Å². The van der Waals surface area contributed by atoms with Crippen LogP contribution >= 0.6 is 0 Å². The first-order chi connectivity index (χ1) is 30.0. The summed E-state index contributed by atoms with van der Waals surface area (Å²) in [5.74, 6) is 0.444. The van der Waals surface area contributed by atoms with E-state index in [4.69, 9.17) is 80.6 Å². The molecular weight excluding hydrogens is 740 g/mol. The van der Waals surface area contributed by atoms with E-state index in [0.29, 0.717) is 22.8 Å². The molecule has 10 aromatic rings. The van der Waals surface area contributed by atoms with Crippen LogP contribution in [-0.2, 0) is 0 Å². The van der Waals surface area contributed by atoms with Gasteiger partial charge in [0.1, 0.15) is 70.6 Å². The first kappa shape index (κ1) is 39.6. The number of para-hydroxylation sites is 2. The van der Waals surface area contributed by atoms with Crippen molar-refractivity contribution in [3.8, 4) is 61.8 Å². The fourth-order valence-corrected chi connectivity index (χ4v) is 8.69. The summed E-state index contributed by atoms with van der Waals surface area (Å²) in [7, 11) is 58.8. The van der Waals surface area contributed by atoms with Crippen molar-refractivity contribution in [3.05, 3.63) is 146 Å². The molecule has 0 unspecified atom stereocenters. The number of hydrogen-bond donors (Lipinski definition) is 0. The van der Waals surface area contributed by atoms with Crippen molar-refractivity contribution < 1.29 is 0 Å². The predicted octanol–water partition coefficient (Wildman–Crippen LogP) is 2.21. The zero-order valence-electron chi connectivity index (χ0n) is 33.4. The fourth-order valence-electron chi connectivity index (χ4n) is 8.69. The SMILES string of the molecule is [B]c1c([B])c([B])c(-c2c([B])c([B])c(-c3cc(-c4ccc(-c5ccc(-n6c7ccccc7c7ccccc76)cc5)c5ccccc45)nc(-c4ccccc4)n3)c([B])c2[B])c([B])c1[B]. The fraction of sp³-hybridized carbons (Fsp3) is 0. The van der Waals surface area contributed by atoms with Crippen LogP contribution in [-0.4, -0.2) is 85.2 Å². The van der Waals surface area contributed by atoms with E-state index in [1.165, 1.54) is 10.8 Å². The first-order valence-corrected chi connectivity index (χ1v) is 19.9. The Hall–Kier alpha value is -6.52. The summed E-state index contributed by atoms with van der Waals surface area (Å²) < 4.78 is 2.32. The van der Waals surface area contributed by atoms with Gasteiger partial charge in [0.2, 0.25) is 0 Å². The summed E-state index contributed by atoms with van der Waals surface area (Å²) in [6, 6.07) is 49.7. The van der Waals surface area contributed by atoms with Gasteiger partial charge in [-0.2, -0.15) is 0 Å². The molecule has 0 fully saturated rings. The third kappa shape index (κ3) is 6.25. The Morgan fingerprint density at radius 1 is 0.323 bits per heavy atom. The molecule has 8 aromatic carbocycles. The van der Waals surface area contributed by atoms with Crippen LogP contribution in [0.4, 0.5) is 0 Å². The van der Waals surface area contributed by atoms with E-state index in [9.17, 15) is 0 Å². The van der Waals surface area contributed by atoms with Crippen LogP contribution in [0.1, 0.15) is 0 Å². The first-order valence-electron chi connectivity index (χ1n) is 19.9. The summed E-state index contributed by atoms with van der Waals surface area (Å²) in [5, 5.41) is 4.47. The largest absolute Gasteiger partial charge is 0.309 e. The quantitative estimate of drug-likeness (QED) is 0.244. The lowest BCUT2D eigenvalue weighted by molar-refractivity contribution is 1.18. The van der Waals surface area contributed by atoms with E-state index in [0.717, 1.165) is 49.7 Å². The van der Waals surface area contributed by atoms with Gasteiger partial charge in [-0.3, -0.25) is 0 Å². The molecule has 62 heavy (non-hydrogen) atoms. The Morgan fingerprint density at radius 2 is 0.742 bits per heavy atom. The number of rotatable bonds is 6. The van der Waals surface area contributed by atoms with Crippen molar-refractivity contribution in [1.29, 1.82) is 0 Å². The maximum atomic E-state index is 6.89. The molecule has 0 bridgehead atoms. The summed E-state index contributed by atoms with van der Waals surface area (Å²) in [4.78, 5) is 10.1. The van der Waals surface area contributed by atoms with Crippen LogP contribution in [0.25, 0.3) is 94.4 Å². The summed E-state index contributed by atoms with van der Waals surface area (Å²) in [5.41, 5.74) is 9.48. The number of nitrogens with zero attached hydrogens (tertiary/aromatic N) is 3. The minimum atomic E-state index is 0.0364. The molecule has 10 rings (SSSR count). The van der Waals surface area contributed by atoms with Gasteiger partial charge < -0.3 is 4.57 Å². The van der Waals surface area contributed by atoms with Gasteiger partial charge in [0, 0.05) is 27.6 Å². The molecular formula is C50H24B9N3. The van der Waals surface area contributed by atoms with Crippen molar-refractivity contribution >= 4 is 152 Å². The second-order valence-electron chi connectivity index (χ2n) is 15.3. The second kappa shape index (κ2) is 15.4. The number of aromatic nitrogens is 3. The van der Waals surface area contributed by atoms with E-state index in [-0.39, 0.29) is 60.3 Å². The highest BCUT2D eigenvalue weighted by Crippen LogP contribution is 2.38. The lowest BCUT2D eigenvalue weighted by Gasteiger charge is -2.28. The van der Waals surface area contributed by atoms with Crippen LogP contribution in [0, 0.1) is 0 Å². The van der Waals surface area contributed by atoms with Crippen molar-refractivity contribution in [3.63, 3.8) is 0 Å². The monoisotopic (exact) mass is 765 g/mol. The van der Waals surface area contributed by atoms with Gasteiger partial charge in [-0.05, 0) is 68.9 Å². The maximum absolute atomic E-state index is 6.89. The summed E-state index contributed by atoms with van der Waals surface area (Å²) in [6.45, 7) is 0. The smallest absolute Gasteiger partial charge is 0.160 e. The molecule has 12 heteroatoms. The molecule has 0 saturated heterocycles. The minimum absolute atomic E-state index is 0.0364. The highest BCUT2D eigenvalue weighted by molar-refractivity contribution is 6.70. The molecule has 18 radical (unpaired) electrons. The zero-order chi connectivity index (χ0) is 43.0. The van der Waals surface area contributed by atoms with Crippen LogP contribution in [0.2, 0.25) is 0 Å². The zero-order valence-corrected chi connectivity index (χ0v) is 33.4. The van der Waals surface area contributed by atoms with Crippen LogP contribution < -0.4 is 49.2 Å². The molecule has 0 aliphatic carbocycles. The molecule has 0 aliphatic heterocycles. The highest BCUT2D eigenvalue weighted by Gasteiger charge is 2.23. The standard InChI is InChI=1S/C50H24B9N3/c51-41-38(42(52)44(54)39(43(41)53)40-45(55)47(57)49(59)48(58)46(40)56)35-24-34(60-50(61-35)26-10-2-1-3-11-26)31-23-22-28(29-12-4-5-13-30(29)31)25-18-20-27(21-19-25)62-36-16-8-6-14-32(36)33-15-7-9-17-37(33)62/h1-24H. The molecule has 2 heterocycles. The second-order valence-corrected chi connectivity index (χ2v) is 15.3. The van der Waals surface area contributed by atoms with Gasteiger partial charge in [-0.15, -0.1) is 16.4 Å². The molecule has 0 amide bonds. The Bertz CT molecular complexity index is 3350. The van der Waals surface area contributed by atoms with E-state index >= 15 is 0 Å². The van der Waals surface area contributed by atoms with Gasteiger partial charge in [-0.25, -0.2) is 9.97 Å². The van der Waals surface area contributed by atoms with Gasteiger partial charge in [-0.1, -0.05) is 148 Å². The molecule has 0 saturated carbocycles. The van der Waals surface area contributed by atoms with Crippen LogP contribution in [0.5, 0.6) is 0 Å². The maximum Gasteiger partial charge on any atom is 0.160 e. The van der Waals surface area contributed by atoms with Crippen molar-refractivity contribution in [2.75, 3.05) is 0 Å². The Labute approximate surface area is 372 Å². The van der Waals surface area contributed by atoms with E-state index in [2.05, 4.69) is 102 Å². The van der Waals surface area contributed by atoms with Crippen molar-refractivity contribution in [2.45, 2.75) is 0 Å². The van der Waals surface area contributed by atoms with Gasteiger partial charge in [0.25, 0.3) is 0 Å². The molecule has 3 nitrogen and oxygen atoms in total. The Morgan fingerprint density at radius 3 is 1.31 bits per heavy atom. The third-order valence-electron chi connectivity index (χ3n) is 11.8. The van der Waals surface area contributed by atoms with Gasteiger partial charge in [0.15, 0.2) is 5.82 Å².